The molecule has 0 rings (SSSR count). The molecular formula is C33H66N2O4. The normalized spacial score (nSPS) is 13.0. The highest BCUT2D eigenvalue weighted by atomic mass is 16.4. The van der Waals surface area contributed by atoms with Gasteiger partial charge < -0.3 is 21.3 Å². The van der Waals surface area contributed by atoms with Gasteiger partial charge >= 0.3 is 11.9 Å². The lowest BCUT2D eigenvalue weighted by molar-refractivity contribution is -0.140. The highest BCUT2D eigenvalue weighted by Gasteiger charge is 2.15. The average Bonchev–Trinajstić information content (AvgIpc) is 2.91. The number of hydrogen-bond donors (Lipinski definition) is 4. The van der Waals surface area contributed by atoms with E-state index >= 15 is 0 Å². The fourth-order valence-electron chi connectivity index (χ4n) is 5.34. The summed E-state index contributed by atoms with van der Waals surface area (Å²) >= 11 is 0. The van der Waals surface area contributed by atoms with E-state index in [0.717, 1.165) is 45.1 Å². The van der Waals surface area contributed by atoms with Gasteiger partial charge in [0.2, 0.25) is 0 Å². The Morgan fingerprint density at radius 2 is 0.846 bits per heavy atom. The van der Waals surface area contributed by atoms with Crippen LogP contribution in [-0.4, -0.2) is 40.8 Å². The summed E-state index contributed by atoms with van der Waals surface area (Å²) in [4.78, 5) is 22.2. The van der Waals surface area contributed by atoms with Crippen LogP contribution in [0.3, 0.4) is 0 Å². The SMILES string of the molecule is CCCCCCCCCCNC(CCCCCCCCCCCCCCCCCCCC(N)C(=O)O)C(=O)O. The Labute approximate surface area is 241 Å². The molecule has 6 heteroatoms. The molecule has 0 aliphatic rings. The Morgan fingerprint density at radius 1 is 0.513 bits per heavy atom. The van der Waals surface area contributed by atoms with Crippen molar-refractivity contribution >= 4 is 11.9 Å². The number of unbranched alkanes of at least 4 members (excludes halogenated alkanes) is 23. The highest BCUT2D eigenvalue weighted by molar-refractivity contribution is 5.73. The van der Waals surface area contributed by atoms with Crippen LogP contribution in [0.4, 0.5) is 0 Å². The Bertz CT molecular complexity index is 544. The van der Waals surface area contributed by atoms with Crippen LogP contribution in [0.5, 0.6) is 0 Å². The maximum Gasteiger partial charge on any atom is 0.320 e. The molecule has 0 amide bonds. The summed E-state index contributed by atoms with van der Waals surface area (Å²) in [6.45, 7) is 3.08. The number of rotatable bonds is 32. The Morgan fingerprint density at radius 3 is 1.21 bits per heavy atom. The van der Waals surface area contributed by atoms with Crippen molar-refractivity contribution < 1.29 is 19.8 Å². The molecule has 5 N–H and O–H groups in total. The molecular weight excluding hydrogens is 488 g/mol. The van der Waals surface area contributed by atoms with Gasteiger partial charge in [0, 0.05) is 0 Å². The molecule has 0 aromatic heterocycles. The summed E-state index contributed by atoms with van der Waals surface area (Å²) in [6.07, 6.45) is 32.8. The number of aliphatic carboxylic acids is 2. The topological polar surface area (TPSA) is 113 Å². The number of hydrogen-bond acceptors (Lipinski definition) is 4. The van der Waals surface area contributed by atoms with E-state index in [1.807, 2.05) is 0 Å². The summed E-state index contributed by atoms with van der Waals surface area (Å²) < 4.78 is 0. The monoisotopic (exact) mass is 555 g/mol. The first-order valence-corrected chi connectivity index (χ1v) is 16.9. The number of nitrogens with two attached hydrogens (primary N) is 1. The van der Waals surface area contributed by atoms with Gasteiger partial charge in [0.1, 0.15) is 12.1 Å². The van der Waals surface area contributed by atoms with E-state index in [1.165, 1.54) is 128 Å². The van der Waals surface area contributed by atoms with Crippen LogP contribution in [0.25, 0.3) is 0 Å². The smallest absolute Gasteiger partial charge is 0.320 e. The zero-order valence-electron chi connectivity index (χ0n) is 25.7. The third-order valence-corrected chi connectivity index (χ3v) is 8.04. The summed E-state index contributed by atoms with van der Waals surface area (Å²) in [6, 6.07) is -1.06. The van der Waals surface area contributed by atoms with Crippen LogP contribution in [-0.2, 0) is 9.59 Å². The molecule has 2 atom stereocenters. The van der Waals surface area contributed by atoms with Crippen molar-refractivity contribution in [1.29, 1.82) is 0 Å². The summed E-state index contributed by atoms with van der Waals surface area (Å²) in [5.74, 6) is -1.57. The average molecular weight is 555 g/mol. The van der Waals surface area contributed by atoms with Crippen molar-refractivity contribution in [3.05, 3.63) is 0 Å². The van der Waals surface area contributed by atoms with Gasteiger partial charge in [0.15, 0.2) is 0 Å². The van der Waals surface area contributed by atoms with E-state index in [1.54, 1.807) is 0 Å². The lowest BCUT2D eigenvalue weighted by Crippen LogP contribution is -2.37. The van der Waals surface area contributed by atoms with Crippen molar-refractivity contribution in [2.24, 2.45) is 5.73 Å². The second-order valence-electron chi connectivity index (χ2n) is 11.9. The Balaban J connectivity index is 3.36. The Kier molecular flexibility index (Phi) is 29.0. The first kappa shape index (κ1) is 37.9. The molecule has 0 heterocycles. The minimum Gasteiger partial charge on any atom is -0.480 e. The molecule has 39 heavy (non-hydrogen) atoms. The number of carboxylic acids is 2. The maximum absolute atomic E-state index is 11.5. The van der Waals surface area contributed by atoms with Crippen molar-refractivity contribution in [3.8, 4) is 0 Å². The van der Waals surface area contributed by atoms with Crippen LogP contribution in [0.1, 0.15) is 180 Å². The molecule has 0 aromatic rings. The van der Waals surface area contributed by atoms with E-state index in [9.17, 15) is 14.7 Å². The third kappa shape index (κ3) is 28.2. The molecule has 0 saturated carbocycles. The molecule has 0 fully saturated rings. The maximum atomic E-state index is 11.5. The fourth-order valence-corrected chi connectivity index (χ4v) is 5.34. The lowest BCUT2D eigenvalue weighted by atomic mass is 10.0. The van der Waals surface area contributed by atoms with Crippen molar-refractivity contribution in [1.82, 2.24) is 5.32 Å². The van der Waals surface area contributed by atoms with Gasteiger partial charge in [-0.1, -0.05) is 161 Å². The molecule has 0 aromatic carbocycles. The first-order chi connectivity index (χ1) is 19.0. The predicted molar refractivity (Wildman–Crippen MR) is 165 cm³/mol. The van der Waals surface area contributed by atoms with E-state index in [4.69, 9.17) is 10.8 Å². The summed E-state index contributed by atoms with van der Waals surface area (Å²) in [5, 5.41) is 21.5. The van der Waals surface area contributed by atoms with Gasteiger partial charge in [-0.3, -0.25) is 9.59 Å². The predicted octanol–water partition coefficient (Wildman–Crippen LogP) is 8.99. The molecule has 0 radical (unpaired) electrons. The van der Waals surface area contributed by atoms with Crippen LogP contribution in [0.2, 0.25) is 0 Å². The van der Waals surface area contributed by atoms with Gasteiger partial charge in [0.05, 0.1) is 0 Å². The second kappa shape index (κ2) is 29.8. The zero-order valence-corrected chi connectivity index (χ0v) is 25.7. The number of carbonyl (C=O) groups is 2. The fraction of sp³-hybridized carbons (Fsp3) is 0.939. The third-order valence-electron chi connectivity index (χ3n) is 8.04. The minimum atomic E-state index is -0.884. The molecule has 6 nitrogen and oxygen atoms in total. The van der Waals surface area contributed by atoms with E-state index in [2.05, 4.69) is 12.2 Å². The molecule has 0 aliphatic carbocycles. The van der Waals surface area contributed by atoms with Gasteiger partial charge in [-0.25, -0.2) is 0 Å². The Hall–Kier alpha value is -1.14. The molecule has 232 valence electrons. The van der Waals surface area contributed by atoms with E-state index < -0.39 is 18.0 Å². The van der Waals surface area contributed by atoms with E-state index in [0.29, 0.717) is 6.42 Å². The van der Waals surface area contributed by atoms with Gasteiger partial charge in [0.25, 0.3) is 0 Å². The van der Waals surface area contributed by atoms with Crippen LogP contribution in [0.15, 0.2) is 0 Å². The molecule has 0 bridgehead atoms. The highest BCUT2D eigenvalue weighted by Crippen LogP contribution is 2.15. The van der Waals surface area contributed by atoms with Gasteiger partial charge in [-0.2, -0.15) is 0 Å². The zero-order chi connectivity index (χ0) is 28.8. The molecule has 0 spiro atoms. The van der Waals surface area contributed by atoms with Crippen LogP contribution in [0, 0.1) is 0 Å². The number of carboxylic acid groups (broad SMARTS) is 2. The van der Waals surface area contributed by atoms with Crippen molar-refractivity contribution in [2.75, 3.05) is 6.54 Å². The summed E-state index contributed by atoms with van der Waals surface area (Å²) in [7, 11) is 0. The minimum absolute atomic E-state index is 0.371. The molecule has 2 unspecified atom stereocenters. The lowest BCUT2D eigenvalue weighted by Gasteiger charge is -2.14. The standard InChI is InChI=1S/C33H66N2O4/c1-2-3-4-5-6-20-23-26-29-35-31(33(38)39)28-25-22-19-17-15-13-11-9-7-8-10-12-14-16-18-21-24-27-30(34)32(36)37/h30-31,35H,2-29,34H2,1H3,(H,36,37)(H,38,39). The molecule has 0 saturated heterocycles. The van der Waals surface area contributed by atoms with Crippen LogP contribution < -0.4 is 11.1 Å². The summed E-state index contributed by atoms with van der Waals surface area (Å²) in [5.41, 5.74) is 5.52. The van der Waals surface area contributed by atoms with Crippen molar-refractivity contribution in [2.45, 2.75) is 192 Å². The number of nitrogens with one attached hydrogen (secondary N) is 1. The largest absolute Gasteiger partial charge is 0.480 e. The second-order valence-corrected chi connectivity index (χ2v) is 11.9. The van der Waals surface area contributed by atoms with Gasteiger partial charge in [-0.15, -0.1) is 0 Å². The van der Waals surface area contributed by atoms with E-state index in [-0.39, 0.29) is 6.04 Å². The first-order valence-electron chi connectivity index (χ1n) is 16.9. The van der Waals surface area contributed by atoms with Crippen molar-refractivity contribution in [3.63, 3.8) is 0 Å². The van der Waals surface area contributed by atoms with Crippen LogP contribution >= 0.6 is 0 Å². The quantitative estimate of drug-likeness (QED) is 0.0617. The van der Waals surface area contributed by atoms with Gasteiger partial charge in [-0.05, 0) is 25.8 Å². The molecule has 0 aliphatic heterocycles.